The maximum Gasteiger partial charge on any atom is 0.274 e. The first-order valence-corrected chi connectivity index (χ1v) is 5.62. The minimum Gasteiger partial charge on any atom is -0.375 e. The Labute approximate surface area is 98.7 Å². The Kier molecular flexibility index (Phi) is 3.39. The van der Waals surface area contributed by atoms with E-state index < -0.39 is 0 Å². The third kappa shape index (κ3) is 2.14. The van der Waals surface area contributed by atoms with Gasteiger partial charge in [-0.05, 0) is 24.6 Å². The van der Waals surface area contributed by atoms with Gasteiger partial charge in [-0.2, -0.15) is 0 Å². The van der Waals surface area contributed by atoms with E-state index in [0.29, 0.717) is 5.65 Å². The summed E-state index contributed by atoms with van der Waals surface area (Å²) in [5, 5.41) is 9.81. The first kappa shape index (κ1) is 11.6. The number of fused-ring (bicyclic) bond motifs is 1. The summed E-state index contributed by atoms with van der Waals surface area (Å²) < 4.78 is 1.31. The summed E-state index contributed by atoms with van der Waals surface area (Å²) >= 11 is 0. The van der Waals surface area contributed by atoms with Gasteiger partial charge in [0.15, 0.2) is 5.65 Å². The number of nitrogens with one attached hydrogen (secondary N) is 1. The molecule has 0 aliphatic heterocycles. The largest absolute Gasteiger partial charge is 0.375 e. The van der Waals surface area contributed by atoms with Crippen LogP contribution in [0.3, 0.4) is 0 Å². The molecule has 0 bridgehead atoms. The lowest BCUT2D eigenvalue weighted by Gasteiger charge is -2.11. The Morgan fingerprint density at radius 2 is 2.35 bits per heavy atom. The van der Waals surface area contributed by atoms with Crippen LogP contribution < -0.4 is 11.0 Å². The second-order valence-corrected chi connectivity index (χ2v) is 3.79. The zero-order valence-electron chi connectivity index (χ0n) is 9.68. The number of pyridine rings is 2. The van der Waals surface area contributed by atoms with Crippen molar-refractivity contribution in [1.82, 2.24) is 9.66 Å². The molecule has 0 spiro atoms. The van der Waals surface area contributed by atoms with Crippen LogP contribution in [0.1, 0.15) is 18.9 Å². The molecule has 5 nitrogen and oxygen atoms in total. The highest BCUT2D eigenvalue weighted by Crippen LogP contribution is 2.10. The van der Waals surface area contributed by atoms with Crippen molar-refractivity contribution >= 4 is 11.0 Å². The zero-order chi connectivity index (χ0) is 12.3. The van der Waals surface area contributed by atoms with E-state index in [9.17, 15) is 4.79 Å². The molecule has 17 heavy (non-hydrogen) atoms. The lowest BCUT2D eigenvalue weighted by atomic mass is 10.1. The molecule has 0 unspecified atom stereocenters. The monoisotopic (exact) mass is 233 g/mol. The molecule has 0 amide bonds. The lowest BCUT2D eigenvalue weighted by Crippen LogP contribution is -2.32. The molecule has 0 aliphatic rings. The molecule has 2 N–H and O–H groups in total. The second kappa shape index (κ2) is 4.97. The van der Waals surface area contributed by atoms with Gasteiger partial charge in [-0.3, -0.25) is 10.2 Å². The van der Waals surface area contributed by atoms with Crippen LogP contribution in [-0.4, -0.2) is 21.5 Å². The number of rotatable bonds is 4. The number of nitrogens with zero attached hydrogens (tertiary/aromatic N) is 2. The van der Waals surface area contributed by atoms with Crippen molar-refractivity contribution in [2.24, 2.45) is 0 Å². The fraction of sp³-hybridized carbons (Fsp3) is 0.333. The average Bonchev–Trinajstić information content (AvgIpc) is 2.35. The average molecular weight is 233 g/mol. The van der Waals surface area contributed by atoms with E-state index in [2.05, 4.69) is 10.4 Å². The van der Waals surface area contributed by atoms with Crippen LogP contribution >= 0.6 is 0 Å². The maximum atomic E-state index is 12.1. The molecule has 5 heteroatoms. The third-order valence-corrected chi connectivity index (χ3v) is 2.58. The first-order valence-electron chi connectivity index (χ1n) is 5.62. The van der Waals surface area contributed by atoms with Crippen LogP contribution in [0.25, 0.3) is 11.0 Å². The number of aryl methyl sites for hydroxylation is 1. The predicted molar refractivity (Wildman–Crippen MR) is 66.4 cm³/mol. The Bertz CT molecular complexity index is 577. The summed E-state index contributed by atoms with van der Waals surface area (Å²) in [6.07, 6.45) is 3.24. The zero-order valence-corrected chi connectivity index (χ0v) is 9.68. The molecule has 0 saturated carbocycles. The van der Waals surface area contributed by atoms with Crippen molar-refractivity contribution in [2.75, 3.05) is 12.2 Å². The molecule has 2 aromatic heterocycles. The van der Waals surface area contributed by atoms with E-state index in [4.69, 9.17) is 5.11 Å². The fourth-order valence-electron chi connectivity index (χ4n) is 1.86. The normalized spacial score (nSPS) is 10.7. The quantitative estimate of drug-likeness (QED) is 0.768. The summed E-state index contributed by atoms with van der Waals surface area (Å²) in [4.78, 5) is 16.3. The Morgan fingerprint density at radius 3 is 3.06 bits per heavy atom. The maximum absolute atomic E-state index is 12.1. The van der Waals surface area contributed by atoms with Crippen molar-refractivity contribution in [3.05, 3.63) is 40.3 Å². The Balaban J connectivity index is 2.71. The molecule has 0 aromatic carbocycles. The molecule has 2 aromatic rings. The van der Waals surface area contributed by atoms with Crippen molar-refractivity contribution in [2.45, 2.75) is 19.8 Å². The van der Waals surface area contributed by atoms with Gasteiger partial charge in [0.05, 0.1) is 0 Å². The molecule has 0 radical (unpaired) electrons. The standard InChI is InChI=1S/C12H15N3O2/c1-2-4-10-7-9-5-3-6-13-11(9)15(12(10)17)14-8-16/h3,5-7,14,16H,2,4,8H2,1H3. The van der Waals surface area contributed by atoms with Crippen molar-refractivity contribution in [3.63, 3.8) is 0 Å². The number of aliphatic hydroxyl groups excluding tert-OH is 1. The highest BCUT2D eigenvalue weighted by Gasteiger charge is 2.08. The lowest BCUT2D eigenvalue weighted by molar-refractivity contribution is 0.309. The summed E-state index contributed by atoms with van der Waals surface area (Å²) in [6, 6.07) is 5.59. The van der Waals surface area contributed by atoms with Gasteiger partial charge in [-0.25, -0.2) is 9.66 Å². The second-order valence-electron chi connectivity index (χ2n) is 3.79. The van der Waals surface area contributed by atoms with Crippen LogP contribution in [0, 0.1) is 0 Å². The molecule has 2 rings (SSSR count). The van der Waals surface area contributed by atoms with Crippen LogP contribution in [0.4, 0.5) is 0 Å². The van der Waals surface area contributed by atoms with Gasteiger partial charge in [-0.15, -0.1) is 0 Å². The SMILES string of the molecule is CCCc1cc2cccnc2n(NCO)c1=O. The molecule has 0 fully saturated rings. The van der Waals surface area contributed by atoms with E-state index >= 15 is 0 Å². The minimum atomic E-state index is -0.304. The molecule has 0 atom stereocenters. The molecular formula is C12H15N3O2. The summed E-state index contributed by atoms with van der Waals surface area (Å²) in [6.45, 7) is 1.72. The molecular weight excluding hydrogens is 218 g/mol. The molecule has 0 saturated heterocycles. The van der Waals surface area contributed by atoms with Gasteiger partial charge in [0.2, 0.25) is 0 Å². The highest BCUT2D eigenvalue weighted by atomic mass is 16.3. The van der Waals surface area contributed by atoms with E-state index in [0.717, 1.165) is 23.8 Å². The fourth-order valence-corrected chi connectivity index (χ4v) is 1.86. The van der Waals surface area contributed by atoms with Crippen LogP contribution in [-0.2, 0) is 6.42 Å². The Morgan fingerprint density at radius 1 is 1.53 bits per heavy atom. The van der Waals surface area contributed by atoms with Gasteiger partial charge < -0.3 is 5.11 Å². The van der Waals surface area contributed by atoms with Crippen LogP contribution in [0.2, 0.25) is 0 Å². The van der Waals surface area contributed by atoms with E-state index in [1.54, 1.807) is 6.20 Å². The summed E-state index contributed by atoms with van der Waals surface area (Å²) in [7, 11) is 0. The number of aromatic nitrogens is 2. The molecule has 2 heterocycles. The van der Waals surface area contributed by atoms with Gasteiger partial charge >= 0.3 is 0 Å². The smallest absolute Gasteiger partial charge is 0.274 e. The Hall–Kier alpha value is -1.88. The van der Waals surface area contributed by atoms with Crippen LogP contribution in [0.15, 0.2) is 29.2 Å². The van der Waals surface area contributed by atoms with Crippen molar-refractivity contribution in [3.8, 4) is 0 Å². The number of hydrogen-bond acceptors (Lipinski definition) is 4. The van der Waals surface area contributed by atoms with Crippen molar-refractivity contribution < 1.29 is 5.11 Å². The highest BCUT2D eigenvalue weighted by molar-refractivity contribution is 5.75. The number of aliphatic hydroxyl groups is 1. The minimum absolute atomic E-state index is 0.146. The van der Waals surface area contributed by atoms with Gasteiger partial charge in [0.1, 0.15) is 6.73 Å². The predicted octanol–water partition coefficient (Wildman–Crippen LogP) is 0.842. The van der Waals surface area contributed by atoms with Gasteiger partial charge in [0.25, 0.3) is 5.56 Å². The van der Waals surface area contributed by atoms with E-state index in [-0.39, 0.29) is 12.3 Å². The number of hydrogen-bond donors (Lipinski definition) is 2. The topological polar surface area (TPSA) is 67.2 Å². The van der Waals surface area contributed by atoms with Crippen molar-refractivity contribution in [1.29, 1.82) is 0 Å². The van der Waals surface area contributed by atoms with E-state index in [1.165, 1.54) is 4.68 Å². The van der Waals surface area contributed by atoms with E-state index in [1.807, 2.05) is 25.1 Å². The summed E-state index contributed by atoms with van der Waals surface area (Å²) in [5.41, 5.74) is 3.73. The van der Waals surface area contributed by atoms with Gasteiger partial charge in [-0.1, -0.05) is 13.3 Å². The molecule has 90 valence electrons. The van der Waals surface area contributed by atoms with Crippen LogP contribution in [0.5, 0.6) is 0 Å². The van der Waals surface area contributed by atoms with Gasteiger partial charge in [0, 0.05) is 17.1 Å². The third-order valence-electron chi connectivity index (χ3n) is 2.58. The summed E-state index contributed by atoms with van der Waals surface area (Å²) in [5.74, 6) is 0. The molecule has 0 aliphatic carbocycles. The first-order chi connectivity index (χ1) is 8.27.